The molecule has 1 aromatic rings. The standard InChI is InChI=1S/C9H8BrN3O4/c10-6-1-11-2-7(13(16)17)8(6)12-3-5(4-12)9(14)15/h1-2,5H,3-4H2,(H,14,15). The van der Waals surface area contributed by atoms with Crippen LogP contribution in [-0.2, 0) is 4.79 Å². The van der Waals surface area contributed by atoms with Crippen molar-refractivity contribution in [3.63, 3.8) is 0 Å². The van der Waals surface area contributed by atoms with Crippen LogP contribution in [0.15, 0.2) is 16.9 Å². The summed E-state index contributed by atoms with van der Waals surface area (Å²) in [5, 5.41) is 19.6. The number of halogens is 1. The van der Waals surface area contributed by atoms with Gasteiger partial charge in [0, 0.05) is 19.3 Å². The molecule has 0 aliphatic carbocycles. The third-order valence-electron chi connectivity index (χ3n) is 2.60. The Morgan fingerprint density at radius 1 is 1.59 bits per heavy atom. The fraction of sp³-hybridized carbons (Fsp3) is 0.333. The van der Waals surface area contributed by atoms with Crippen LogP contribution in [0, 0.1) is 16.0 Å². The predicted molar refractivity (Wildman–Crippen MR) is 61.9 cm³/mol. The summed E-state index contributed by atoms with van der Waals surface area (Å²) in [6.45, 7) is 0.553. The number of aromatic nitrogens is 1. The minimum atomic E-state index is -0.880. The van der Waals surface area contributed by atoms with Crippen molar-refractivity contribution in [2.75, 3.05) is 18.0 Å². The third-order valence-corrected chi connectivity index (χ3v) is 3.18. The van der Waals surface area contributed by atoms with Gasteiger partial charge in [-0.1, -0.05) is 0 Å². The van der Waals surface area contributed by atoms with Crippen LogP contribution in [0.2, 0.25) is 0 Å². The lowest BCUT2D eigenvalue weighted by atomic mass is 9.99. The molecule has 0 unspecified atom stereocenters. The monoisotopic (exact) mass is 301 g/mol. The van der Waals surface area contributed by atoms with E-state index < -0.39 is 16.8 Å². The third kappa shape index (κ3) is 2.07. The van der Waals surface area contributed by atoms with E-state index in [1.54, 1.807) is 4.90 Å². The molecule has 1 aromatic heterocycles. The number of carbonyl (C=O) groups is 1. The normalized spacial score (nSPS) is 15.5. The van der Waals surface area contributed by atoms with Crippen LogP contribution < -0.4 is 4.90 Å². The number of nitro groups is 1. The van der Waals surface area contributed by atoms with Gasteiger partial charge in [0.25, 0.3) is 0 Å². The highest BCUT2D eigenvalue weighted by atomic mass is 79.9. The molecule has 8 heteroatoms. The SMILES string of the molecule is O=C(O)C1CN(c2c(Br)cncc2[N+](=O)[O-])C1. The highest BCUT2D eigenvalue weighted by Crippen LogP contribution is 2.38. The summed E-state index contributed by atoms with van der Waals surface area (Å²) in [6, 6.07) is 0. The second-order valence-electron chi connectivity index (χ2n) is 3.69. The highest BCUT2D eigenvalue weighted by Gasteiger charge is 2.37. The molecule has 1 saturated heterocycles. The van der Waals surface area contributed by atoms with Crippen molar-refractivity contribution in [1.82, 2.24) is 4.98 Å². The van der Waals surface area contributed by atoms with Crippen LogP contribution >= 0.6 is 15.9 Å². The highest BCUT2D eigenvalue weighted by molar-refractivity contribution is 9.10. The second kappa shape index (κ2) is 4.28. The molecule has 90 valence electrons. The summed E-state index contributed by atoms with van der Waals surface area (Å²) >= 11 is 3.19. The zero-order valence-corrected chi connectivity index (χ0v) is 10.1. The maximum atomic E-state index is 10.8. The molecule has 0 aromatic carbocycles. The van der Waals surface area contributed by atoms with Crippen molar-refractivity contribution in [3.8, 4) is 0 Å². The van der Waals surface area contributed by atoms with E-state index >= 15 is 0 Å². The minimum absolute atomic E-state index is 0.122. The molecule has 1 N–H and O–H groups in total. The lowest BCUT2D eigenvalue weighted by Crippen LogP contribution is -2.50. The quantitative estimate of drug-likeness (QED) is 0.667. The van der Waals surface area contributed by atoms with Crippen LogP contribution in [-0.4, -0.2) is 34.1 Å². The van der Waals surface area contributed by atoms with Gasteiger partial charge < -0.3 is 10.0 Å². The fourth-order valence-electron chi connectivity index (χ4n) is 1.68. The number of nitrogens with zero attached hydrogens (tertiary/aromatic N) is 3. The lowest BCUT2D eigenvalue weighted by molar-refractivity contribution is -0.384. The molecule has 0 spiro atoms. The smallest absolute Gasteiger partial charge is 0.311 e. The molecule has 2 heterocycles. The van der Waals surface area contributed by atoms with Gasteiger partial charge in [0.15, 0.2) is 0 Å². The molecule has 17 heavy (non-hydrogen) atoms. The summed E-state index contributed by atoms with van der Waals surface area (Å²) < 4.78 is 0.496. The summed E-state index contributed by atoms with van der Waals surface area (Å²) in [6.07, 6.45) is 2.62. The van der Waals surface area contributed by atoms with Gasteiger partial charge in [0.1, 0.15) is 11.9 Å². The Kier molecular flexibility index (Phi) is 2.97. The Labute approximate surface area is 104 Å². The van der Waals surface area contributed by atoms with Crippen molar-refractivity contribution in [2.24, 2.45) is 5.92 Å². The number of hydrogen-bond acceptors (Lipinski definition) is 5. The van der Waals surface area contributed by atoms with Gasteiger partial charge in [0.2, 0.25) is 0 Å². The maximum Gasteiger partial charge on any atom is 0.311 e. The Hall–Kier alpha value is -1.70. The number of carboxylic acids is 1. The van der Waals surface area contributed by atoms with E-state index in [0.717, 1.165) is 6.20 Å². The molecule has 1 aliphatic heterocycles. The van der Waals surface area contributed by atoms with E-state index in [1.807, 2.05) is 0 Å². The Balaban J connectivity index is 2.28. The predicted octanol–water partition coefficient (Wildman–Crippen LogP) is 1.27. The van der Waals surface area contributed by atoms with Gasteiger partial charge in [-0.3, -0.25) is 19.9 Å². The molecule has 1 aliphatic rings. The Morgan fingerprint density at radius 2 is 2.24 bits per heavy atom. The summed E-state index contributed by atoms with van der Waals surface area (Å²) in [7, 11) is 0. The number of rotatable bonds is 3. The van der Waals surface area contributed by atoms with Crippen LogP contribution in [0.5, 0.6) is 0 Å². The fourth-order valence-corrected chi connectivity index (χ4v) is 2.25. The van der Waals surface area contributed by atoms with Gasteiger partial charge in [-0.25, -0.2) is 0 Å². The zero-order chi connectivity index (χ0) is 12.6. The first kappa shape index (κ1) is 11.8. The number of pyridine rings is 1. The molecule has 7 nitrogen and oxygen atoms in total. The second-order valence-corrected chi connectivity index (χ2v) is 4.54. The van der Waals surface area contributed by atoms with Crippen molar-refractivity contribution in [2.45, 2.75) is 0 Å². The van der Waals surface area contributed by atoms with Crippen molar-refractivity contribution in [1.29, 1.82) is 0 Å². The number of aliphatic carboxylic acids is 1. The molecular weight excluding hydrogens is 294 g/mol. The first-order chi connectivity index (χ1) is 8.00. The van der Waals surface area contributed by atoms with Gasteiger partial charge in [-0.2, -0.15) is 0 Å². The molecule has 0 saturated carbocycles. The van der Waals surface area contributed by atoms with Crippen LogP contribution in [0.1, 0.15) is 0 Å². The van der Waals surface area contributed by atoms with E-state index in [0.29, 0.717) is 10.2 Å². The van der Waals surface area contributed by atoms with Gasteiger partial charge in [-0.15, -0.1) is 0 Å². The molecule has 1 fully saturated rings. The summed E-state index contributed by atoms with van der Waals surface area (Å²) in [4.78, 5) is 26.4. The van der Waals surface area contributed by atoms with Crippen molar-refractivity contribution < 1.29 is 14.8 Å². The van der Waals surface area contributed by atoms with E-state index in [2.05, 4.69) is 20.9 Å². The maximum absolute atomic E-state index is 10.8. The first-order valence-corrected chi connectivity index (χ1v) is 5.55. The Morgan fingerprint density at radius 3 is 2.76 bits per heavy atom. The van der Waals surface area contributed by atoms with Gasteiger partial charge in [-0.05, 0) is 15.9 Å². The van der Waals surface area contributed by atoms with Crippen LogP contribution in [0.4, 0.5) is 11.4 Å². The number of anilines is 1. The van der Waals surface area contributed by atoms with E-state index in [1.165, 1.54) is 6.20 Å². The van der Waals surface area contributed by atoms with Crippen LogP contribution in [0.25, 0.3) is 0 Å². The first-order valence-electron chi connectivity index (χ1n) is 4.76. The van der Waals surface area contributed by atoms with E-state index in [-0.39, 0.29) is 18.8 Å². The molecular formula is C9H8BrN3O4. The van der Waals surface area contributed by atoms with Crippen molar-refractivity contribution >= 4 is 33.3 Å². The molecule has 0 amide bonds. The number of hydrogen-bond donors (Lipinski definition) is 1. The van der Waals surface area contributed by atoms with Gasteiger partial charge >= 0.3 is 11.7 Å². The molecule has 0 radical (unpaired) electrons. The van der Waals surface area contributed by atoms with E-state index in [9.17, 15) is 14.9 Å². The molecule has 0 atom stereocenters. The lowest BCUT2D eigenvalue weighted by Gasteiger charge is -2.38. The summed E-state index contributed by atoms with van der Waals surface area (Å²) in [5.41, 5.74) is 0.269. The number of carboxylic acid groups (broad SMARTS) is 1. The van der Waals surface area contributed by atoms with Crippen molar-refractivity contribution in [3.05, 3.63) is 27.0 Å². The molecule has 0 bridgehead atoms. The minimum Gasteiger partial charge on any atom is -0.481 e. The van der Waals surface area contributed by atoms with E-state index in [4.69, 9.17) is 5.11 Å². The zero-order valence-electron chi connectivity index (χ0n) is 8.54. The van der Waals surface area contributed by atoms with Gasteiger partial charge in [0.05, 0.1) is 15.3 Å². The van der Waals surface area contributed by atoms with Crippen LogP contribution in [0.3, 0.4) is 0 Å². The largest absolute Gasteiger partial charge is 0.481 e. The molecule has 2 rings (SSSR count). The summed E-state index contributed by atoms with van der Waals surface area (Å²) in [5.74, 6) is -1.34. The topological polar surface area (TPSA) is 96.6 Å². The average Bonchev–Trinajstić information content (AvgIpc) is 2.17. The Bertz CT molecular complexity index is 487. The average molecular weight is 302 g/mol.